The van der Waals surface area contributed by atoms with Gasteiger partial charge in [0.25, 0.3) is 0 Å². The summed E-state index contributed by atoms with van der Waals surface area (Å²) in [7, 11) is 9.09. The summed E-state index contributed by atoms with van der Waals surface area (Å²) in [5.41, 5.74) is 0. The van der Waals surface area contributed by atoms with Gasteiger partial charge in [-0.15, -0.1) is 0 Å². The average Bonchev–Trinajstić information content (AvgIpc) is 2.74. The van der Waals surface area contributed by atoms with Crippen LogP contribution in [0.3, 0.4) is 0 Å². The Morgan fingerprint density at radius 1 is 0.441 bits per heavy atom. The number of likely N-dealkylation sites (N-methyl/N-ethyl adjacent to an activating group) is 2. The Hall–Kier alpha value is -0.160. The van der Waals surface area contributed by atoms with E-state index in [-0.39, 0.29) is 12.2 Å². The molecule has 2 atom stereocenters. The monoisotopic (exact) mass is 487 g/mol. The van der Waals surface area contributed by atoms with Gasteiger partial charge in [-0.3, -0.25) is 0 Å². The van der Waals surface area contributed by atoms with Crippen molar-refractivity contribution >= 4 is 0 Å². The zero-order valence-corrected chi connectivity index (χ0v) is 24.5. The van der Waals surface area contributed by atoms with E-state index in [2.05, 4.69) is 42.0 Å². The fourth-order valence-corrected chi connectivity index (χ4v) is 5.26. The van der Waals surface area contributed by atoms with Gasteiger partial charge in [-0.2, -0.15) is 0 Å². The first-order chi connectivity index (χ1) is 16.1. The molecule has 2 N–H and O–H groups in total. The predicted octanol–water partition coefficient (Wildman–Crippen LogP) is 6.92. The molecule has 34 heavy (non-hydrogen) atoms. The molecule has 0 heterocycles. The van der Waals surface area contributed by atoms with Crippen LogP contribution in [0.5, 0.6) is 0 Å². The number of aliphatic hydroxyl groups is 2. The van der Waals surface area contributed by atoms with Crippen molar-refractivity contribution in [2.24, 2.45) is 0 Å². The number of hydrogen-bond acceptors (Lipinski definition) is 2. The van der Waals surface area contributed by atoms with E-state index in [0.29, 0.717) is 0 Å². The van der Waals surface area contributed by atoms with Gasteiger partial charge < -0.3 is 19.2 Å². The summed E-state index contributed by atoms with van der Waals surface area (Å²) >= 11 is 0. The van der Waals surface area contributed by atoms with Crippen LogP contribution in [-0.2, 0) is 0 Å². The molecule has 0 amide bonds. The van der Waals surface area contributed by atoms with E-state index in [4.69, 9.17) is 0 Å². The highest BCUT2D eigenvalue weighted by Gasteiger charge is 2.21. The third-order valence-electron chi connectivity index (χ3n) is 7.47. The highest BCUT2D eigenvalue weighted by Crippen LogP contribution is 2.14. The number of nitrogens with zero attached hydrogens (tertiary/aromatic N) is 2. The number of quaternary nitrogens is 2. The lowest BCUT2D eigenvalue weighted by molar-refractivity contribution is -0.894. The molecule has 0 saturated carbocycles. The van der Waals surface area contributed by atoms with E-state index >= 15 is 0 Å². The van der Waals surface area contributed by atoms with E-state index in [1.165, 1.54) is 103 Å². The van der Waals surface area contributed by atoms with Gasteiger partial charge in [0, 0.05) is 0 Å². The minimum atomic E-state index is -0.151. The quantitative estimate of drug-likeness (QED) is 0.109. The van der Waals surface area contributed by atoms with Crippen molar-refractivity contribution in [3.8, 4) is 0 Å². The summed E-state index contributed by atoms with van der Waals surface area (Å²) < 4.78 is 1.87. The molecule has 0 aliphatic heterocycles. The molecule has 0 aromatic carbocycles. The van der Waals surface area contributed by atoms with Gasteiger partial charge in [0.15, 0.2) is 0 Å². The van der Waals surface area contributed by atoms with Crippen molar-refractivity contribution in [2.75, 3.05) is 54.4 Å². The van der Waals surface area contributed by atoms with Crippen molar-refractivity contribution in [3.63, 3.8) is 0 Å². The molecule has 0 aromatic heterocycles. The SMILES string of the molecule is CCCCCCCCC(O)C[N+](C)(C)CCCCCC[N+](C)(C)CC(O)CCCCCCCC. The van der Waals surface area contributed by atoms with Crippen LogP contribution in [0.1, 0.15) is 129 Å². The van der Waals surface area contributed by atoms with Gasteiger partial charge in [0.1, 0.15) is 25.3 Å². The summed E-state index contributed by atoms with van der Waals surface area (Å²) in [6.07, 6.45) is 22.2. The van der Waals surface area contributed by atoms with Gasteiger partial charge >= 0.3 is 0 Å². The Morgan fingerprint density at radius 3 is 1.09 bits per heavy atom. The smallest absolute Gasteiger partial charge is 0.105 e. The zero-order chi connectivity index (χ0) is 25.7. The molecule has 4 heteroatoms. The zero-order valence-electron chi connectivity index (χ0n) is 24.5. The number of aliphatic hydroxyl groups excluding tert-OH is 2. The second-order valence-corrected chi connectivity index (χ2v) is 12.5. The molecule has 0 saturated heterocycles. The fraction of sp³-hybridized carbons (Fsp3) is 1.00. The van der Waals surface area contributed by atoms with Gasteiger partial charge in [-0.1, -0.05) is 90.9 Å². The van der Waals surface area contributed by atoms with Crippen LogP contribution in [0.4, 0.5) is 0 Å². The van der Waals surface area contributed by atoms with E-state index in [0.717, 1.165) is 48.0 Å². The minimum Gasteiger partial charge on any atom is -0.387 e. The standard InChI is InChI=1S/C30H66N2O2/c1-7-9-11-13-15-19-23-29(33)27-31(3,4)25-21-17-18-22-26-32(5,6)28-30(34)24-20-16-14-12-10-8-2/h29-30,33-34H,7-28H2,1-6H3/q+2. The highest BCUT2D eigenvalue weighted by atomic mass is 16.3. The summed E-state index contributed by atoms with van der Waals surface area (Å²) in [5, 5.41) is 20.9. The molecule has 0 bridgehead atoms. The second kappa shape index (κ2) is 21.0. The number of hydrogen-bond donors (Lipinski definition) is 2. The lowest BCUT2D eigenvalue weighted by Gasteiger charge is -2.33. The molecule has 0 fully saturated rings. The second-order valence-electron chi connectivity index (χ2n) is 12.5. The van der Waals surface area contributed by atoms with Crippen molar-refractivity contribution in [1.29, 1.82) is 0 Å². The molecule has 0 aliphatic rings. The molecule has 4 nitrogen and oxygen atoms in total. The largest absolute Gasteiger partial charge is 0.387 e. The van der Waals surface area contributed by atoms with Crippen molar-refractivity contribution < 1.29 is 19.2 Å². The maximum Gasteiger partial charge on any atom is 0.105 e. The predicted molar refractivity (Wildman–Crippen MR) is 150 cm³/mol. The van der Waals surface area contributed by atoms with Crippen LogP contribution >= 0.6 is 0 Å². The first-order valence-electron chi connectivity index (χ1n) is 15.1. The van der Waals surface area contributed by atoms with E-state index in [1.807, 2.05) is 0 Å². The minimum absolute atomic E-state index is 0.151. The van der Waals surface area contributed by atoms with Gasteiger partial charge in [0.05, 0.1) is 41.3 Å². The van der Waals surface area contributed by atoms with Crippen LogP contribution in [-0.4, -0.2) is 85.8 Å². The van der Waals surface area contributed by atoms with E-state index in [1.54, 1.807) is 0 Å². The first-order valence-corrected chi connectivity index (χ1v) is 15.1. The maximum atomic E-state index is 10.5. The van der Waals surface area contributed by atoms with Gasteiger partial charge in [-0.05, 0) is 38.5 Å². The third-order valence-corrected chi connectivity index (χ3v) is 7.47. The lowest BCUT2D eigenvalue weighted by Crippen LogP contribution is -2.46. The summed E-state index contributed by atoms with van der Waals surface area (Å²) in [5.74, 6) is 0. The van der Waals surface area contributed by atoms with E-state index in [9.17, 15) is 10.2 Å². The van der Waals surface area contributed by atoms with Gasteiger partial charge in [-0.25, -0.2) is 0 Å². The van der Waals surface area contributed by atoms with Crippen LogP contribution < -0.4 is 0 Å². The first kappa shape index (κ1) is 33.8. The van der Waals surface area contributed by atoms with Gasteiger partial charge in [0.2, 0.25) is 0 Å². The maximum absolute atomic E-state index is 10.5. The van der Waals surface area contributed by atoms with E-state index < -0.39 is 0 Å². The van der Waals surface area contributed by atoms with Crippen molar-refractivity contribution in [3.05, 3.63) is 0 Å². The molecule has 2 unspecified atom stereocenters. The Bertz CT molecular complexity index is 400. The Labute approximate surface area is 215 Å². The van der Waals surface area contributed by atoms with Crippen LogP contribution in [0.25, 0.3) is 0 Å². The molecule has 0 rings (SSSR count). The van der Waals surface area contributed by atoms with Crippen molar-refractivity contribution in [2.45, 2.75) is 142 Å². The Balaban J connectivity index is 3.81. The third kappa shape index (κ3) is 22.3. The lowest BCUT2D eigenvalue weighted by atomic mass is 10.1. The molecule has 0 radical (unpaired) electrons. The van der Waals surface area contributed by atoms with Crippen molar-refractivity contribution in [1.82, 2.24) is 0 Å². The highest BCUT2D eigenvalue weighted by molar-refractivity contribution is 4.58. The molecular formula is C30H66N2O2+2. The normalized spacial score (nSPS) is 14.5. The van der Waals surface area contributed by atoms with Crippen LogP contribution in [0, 0.1) is 0 Å². The number of unbranched alkanes of at least 4 members (excludes halogenated alkanes) is 13. The molecule has 0 spiro atoms. The van der Waals surface area contributed by atoms with Crippen LogP contribution in [0.2, 0.25) is 0 Å². The Morgan fingerprint density at radius 2 is 0.735 bits per heavy atom. The topological polar surface area (TPSA) is 40.5 Å². The molecule has 0 aliphatic carbocycles. The average molecular weight is 487 g/mol. The Kier molecular flexibility index (Phi) is 20.9. The van der Waals surface area contributed by atoms with Crippen LogP contribution in [0.15, 0.2) is 0 Å². The molecular weight excluding hydrogens is 420 g/mol. The molecule has 0 aromatic rings. The summed E-state index contributed by atoms with van der Waals surface area (Å²) in [4.78, 5) is 0. The molecule has 206 valence electrons. The summed E-state index contributed by atoms with van der Waals surface area (Å²) in [6.45, 7) is 8.60. The fourth-order valence-electron chi connectivity index (χ4n) is 5.26. The summed E-state index contributed by atoms with van der Waals surface area (Å²) in [6, 6.07) is 0. The number of rotatable bonds is 25.